The van der Waals surface area contributed by atoms with Gasteiger partial charge in [0.25, 0.3) is 0 Å². The van der Waals surface area contributed by atoms with Crippen molar-refractivity contribution in [1.82, 2.24) is 0 Å². The zero-order chi connectivity index (χ0) is 55.5. The summed E-state index contributed by atoms with van der Waals surface area (Å²) in [4.78, 5) is 48.6. The second-order valence-corrected chi connectivity index (χ2v) is 20.9. The van der Waals surface area contributed by atoms with Gasteiger partial charge in [-0.15, -0.1) is 0 Å². The highest BCUT2D eigenvalue weighted by Gasteiger charge is 2.28. The summed E-state index contributed by atoms with van der Waals surface area (Å²) in [5, 5.41) is 9.83. The van der Waals surface area contributed by atoms with Crippen molar-refractivity contribution in [3.05, 3.63) is 109 Å². The zero-order valence-corrected chi connectivity index (χ0v) is 48.8. The van der Waals surface area contributed by atoms with Crippen molar-refractivity contribution >= 4 is 25.7 Å². The average Bonchev–Trinajstić information content (AvgIpc) is 3.41. The van der Waals surface area contributed by atoms with Crippen LogP contribution in [0.15, 0.2) is 109 Å². The van der Waals surface area contributed by atoms with Gasteiger partial charge >= 0.3 is 25.7 Å². The van der Waals surface area contributed by atoms with E-state index >= 15 is 0 Å². The summed E-state index contributed by atoms with van der Waals surface area (Å²) >= 11 is 0. The van der Waals surface area contributed by atoms with E-state index in [1.54, 1.807) is 0 Å². The maximum absolute atomic E-state index is 12.9. The number of aliphatic hydroxyl groups excluding tert-OH is 1. The SMILES string of the molecule is CC/C=C\C/C=C\C/C=C\C/C=C\C/C=C\CCCCCC(=O)OC(COC(=O)CCCCCCCCCCCCCCC)COP(=O)(O)OCC(CO)OC(=O)CCCCCC/C=C\C/C=C\C/C=C\C/C=C\CC. The number of allylic oxidation sites excluding steroid dienone is 18. The first-order chi connectivity index (χ1) is 37.2. The number of aliphatic hydroxyl groups is 1. The molecule has 11 nitrogen and oxygen atoms in total. The van der Waals surface area contributed by atoms with Crippen molar-refractivity contribution < 1.29 is 52.2 Å². The fourth-order valence-electron chi connectivity index (χ4n) is 7.73. The van der Waals surface area contributed by atoms with Crippen LogP contribution in [0.1, 0.15) is 239 Å². The number of carbonyl (C=O) groups is 3. The molecular weight excluding hydrogens is 976 g/mol. The maximum atomic E-state index is 12.9. The van der Waals surface area contributed by atoms with Crippen LogP contribution in [-0.2, 0) is 42.2 Å². The minimum atomic E-state index is -4.77. The van der Waals surface area contributed by atoms with Gasteiger partial charge in [0.1, 0.15) is 12.7 Å². The van der Waals surface area contributed by atoms with Crippen molar-refractivity contribution in [2.24, 2.45) is 0 Å². The number of ether oxygens (including phenoxy) is 3. The van der Waals surface area contributed by atoms with Gasteiger partial charge in [-0.2, -0.15) is 0 Å². The van der Waals surface area contributed by atoms with Crippen LogP contribution >= 0.6 is 7.82 Å². The van der Waals surface area contributed by atoms with E-state index in [2.05, 4.69) is 130 Å². The Morgan fingerprint density at radius 3 is 1.07 bits per heavy atom. The van der Waals surface area contributed by atoms with Gasteiger partial charge in [0.05, 0.1) is 19.8 Å². The molecule has 0 radical (unpaired) electrons. The van der Waals surface area contributed by atoms with Crippen LogP contribution in [0, 0.1) is 0 Å². The third kappa shape index (κ3) is 54.9. The lowest BCUT2D eigenvalue weighted by atomic mass is 10.0. The van der Waals surface area contributed by atoms with E-state index in [0.717, 1.165) is 122 Å². The van der Waals surface area contributed by atoms with Gasteiger partial charge in [-0.05, 0) is 103 Å². The van der Waals surface area contributed by atoms with Gasteiger partial charge in [0, 0.05) is 19.3 Å². The highest BCUT2D eigenvalue weighted by atomic mass is 31.2. The molecule has 0 aromatic heterocycles. The number of phosphoric ester groups is 1. The molecule has 0 heterocycles. The molecule has 0 rings (SSSR count). The second-order valence-electron chi connectivity index (χ2n) is 19.4. The Labute approximate surface area is 463 Å². The summed E-state index contributed by atoms with van der Waals surface area (Å²) in [6, 6.07) is 0. The van der Waals surface area contributed by atoms with Crippen LogP contribution in [0.3, 0.4) is 0 Å². The van der Waals surface area contributed by atoms with Gasteiger partial charge in [0.15, 0.2) is 6.10 Å². The van der Waals surface area contributed by atoms with Crippen LogP contribution in [-0.4, -0.2) is 66.5 Å². The number of hydrogen-bond acceptors (Lipinski definition) is 10. The van der Waals surface area contributed by atoms with E-state index in [4.69, 9.17) is 23.3 Å². The fourth-order valence-corrected chi connectivity index (χ4v) is 8.51. The summed E-state index contributed by atoms with van der Waals surface area (Å²) < 4.78 is 39.5. The van der Waals surface area contributed by atoms with E-state index < -0.39 is 57.8 Å². The summed E-state index contributed by atoms with van der Waals surface area (Å²) in [6.07, 6.45) is 69.0. The number of phosphoric acid groups is 1. The molecule has 0 aliphatic rings. The molecular formula is C64H107O11P. The first-order valence-corrected chi connectivity index (χ1v) is 31.3. The Morgan fingerprint density at radius 2 is 0.684 bits per heavy atom. The van der Waals surface area contributed by atoms with Crippen LogP contribution < -0.4 is 0 Å². The van der Waals surface area contributed by atoms with E-state index in [0.29, 0.717) is 19.3 Å². The number of rotatable bonds is 54. The molecule has 12 heteroatoms. The minimum Gasteiger partial charge on any atom is -0.462 e. The molecule has 0 aliphatic carbocycles. The van der Waals surface area contributed by atoms with Crippen molar-refractivity contribution in [2.75, 3.05) is 26.4 Å². The average molecular weight is 1080 g/mol. The Morgan fingerprint density at radius 1 is 0.382 bits per heavy atom. The van der Waals surface area contributed by atoms with Crippen molar-refractivity contribution in [1.29, 1.82) is 0 Å². The predicted octanol–water partition coefficient (Wildman–Crippen LogP) is 17.8. The zero-order valence-electron chi connectivity index (χ0n) is 47.9. The molecule has 2 N–H and O–H groups in total. The van der Waals surface area contributed by atoms with E-state index in [1.165, 1.54) is 57.8 Å². The lowest BCUT2D eigenvalue weighted by Gasteiger charge is -2.21. The van der Waals surface area contributed by atoms with Crippen LogP contribution in [0.5, 0.6) is 0 Å². The number of unbranched alkanes of at least 4 members (excludes halogenated alkanes) is 19. The predicted molar refractivity (Wildman–Crippen MR) is 316 cm³/mol. The van der Waals surface area contributed by atoms with Crippen LogP contribution in [0.25, 0.3) is 0 Å². The monoisotopic (exact) mass is 1080 g/mol. The molecule has 76 heavy (non-hydrogen) atoms. The number of hydrogen-bond donors (Lipinski definition) is 2. The summed E-state index contributed by atoms with van der Waals surface area (Å²) in [7, 11) is -4.77. The van der Waals surface area contributed by atoms with Gasteiger partial charge in [-0.25, -0.2) is 4.57 Å². The van der Waals surface area contributed by atoms with Gasteiger partial charge in [-0.3, -0.25) is 23.4 Å². The largest absolute Gasteiger partial charge is 0.472 e. The Balaban J connectivity index is 4.79. The smallest absolute Gasteiger partial charge is 0.462 e. The topological polar surface area (TPSA) is 155 Å². The Kier molecular flexibility index (Phi) is 54.4. The highest BCUT2D eigenvalue weighted by molar-refractivity contribution is 7.47. The lowest BCUT2D eigenvalue weighted by Crippen LogP contribution is -2.30. The first kappa shape index (κ1) is 72.1. The molecule has 0 saturated carbocycles. The Hall–Kier alpha value is -3.86. The number of esters is 3. The molecule has 0 spiro atoms. The molecule has 0 aromatic rings. The minimum absolute atomic E-state index is 0.123. The molecule has 3 atom stereocenters. The third-order valence-corrected chi connectivity index (χ3v) is 13.1. The second kappa shape index (κ2) is 57.3. The van der Waals surface area contributed by atoms with Crippen LogP contribution in [0.4, 0.5) is 0 Å². The molecule has 0 saturated heterocycles. The quantitative estimate of drug-likeness (QED) is 0.0197. The Bertz CT molecular complexity index is 1690. The lowest BCUT2D eigenvalue weighted by molar-refractivity contribution is -0.161. The summed E-state index contributed by atoms with van der Waals surface area (Å²) in [6.45, 7) is 4.35. The van der Waals surface area contributed by atoms with Crippen LogP contribution in [0.2, 0.25) is 0 Å². The molecule has 0 bridgehead atoms. The normalized spacial score (nSPS) is 14.1. The molecule has 0 aromatic carbocycles. The van der Waals surface area contributed by atoms with Crippen molar-refractivity contribution in [2.45, 2.75) is 251 Å². The maximum Gasteiger partial charge on any atom is 0.472 e. The van der Waals surface area contributed by atoms with Gasteiger partial charge < -0.3 is 24.2 Å². The van der Waals surface area contributed by atoms with Crippen molar-refractivity contribution in [3.8, 4) is 0 Å². The number of carbonyl (C=O) groups excluding carboxylic acids is 3. The van der Waals surface area contributed by atoms with Crippen molar-refractivity contribution in [3.63, 3.8) is 0 Å². The summed E-state index contributed by atoms with van der Waals surface area (Å²) in [5.41, 5.74) is 0. The molecule has 0 fully saturated rings. The molecule has 434 valence electrons. The third-order valence-electron chi connectivity index (χ3n) is 12.2. The molecule has 3 unspecified atom stereocenters. The molecule has 0 amide bonds. The molecule has 0 aliphatic heterocycles. The van der Waals surface area contributed by atoms with E-state index in [9.17, 15) is 28.9 Å². The van der Waals surface area contributed by atoms with E-state index in [1.807, 2.05) is 0 Å². The first-order valence-electron chi connectivity index (χ1n) is 29.8. The highest BCUT2D eigenvalue weighted by Crippen LogP contribution is 2.43. The van der Waals surface area contributed by atoms with Gasteiger partial charge in [-0.1, -0.05) is 226 Å². The van der Waals surface area contributed by atoms with E-state index in [-0.39, 0.29) is 25.9 Å². The summed E-state index contributed by atoms with van der Waals surface area (Å²) in [5.74, 6) is -1.53. The fraction of sp³-hybridized carbons (Fsp3) is 0.672. The standard InChI is InChI=1S/C64H107O11P/c1-4-7-10-13-16-19-22-25-27-29-30-32-34-37-40-43-46-49-52-55-64(68)75-61(57-71-62(66)53-50-47-44-41-38-35-24-21-18-15-12-9-6-3)59-73-76(69,70)72-58-60(56-65)74-63(67)54-51-48-45-42-39-36-33-31-28-26-23-20-17-14-11-8-5-2/h7-8,10-11,16-17,19-20,25-28,30,32-33,36-37,40,60-61,65H,4-6,9,12-15,18,21-24,29,31,34-35,38-39,41-59H2,1-3H3,(H,69,70)/b10-7-,11-8-,19-16-,20-17-,27-25-,28-26-,32-30-,36-33-,40-37-. The van der Waals surface area contributed by atoms with Gasteiger partial charge in [0.2, 0.25) is 0 Å².